The smallest absolute Gasteiger partial charge is 0.252 e. The van der Waals surface area contributed by atoms with Gasteiger partial charge in [-0.1, -0.05) is 13.0 Å². The molecule has 1 saturated heterocycles. The quantitative estimate of drug-likeness (QED) is 0.676. The third-order valence-corrected chi connectivity index (χ3v) is 3.46. The van der Waals surface area contributed by atoms with Crippen molar-refractivity contribution in [3.63, 3.8) is 0 Å². The number of piperidine rings is 1. The molecule has 1 aliphatic rings. The molecular formula is C13H21N5O. The van der Waals surface area contributed by atoms with E-state index in [1.165, 1.54) is 0 Å². The summed E-state index contributed by atoms with van der Waals surface area (Å²) in [6, 6.07) is 5.62. The molecule has 1 amide bonds. The van der Waals surface area contributed by atoms with Crippen molar-refractivity contribution in [1.29, 1.82) is 0 Å². The molecule has 0 bridgehead atoms. The van der Waals surface area contributed by atoms with Crippen LogP contribution in [0.2, 0.25) is 0 Å². The molecule has 6 nitrogen and oxygen atoms in total. The van der Waals surface area contributed by atoms with Crippen LogP contribution in [0.15, 0.2) is 24.4 Å². The Hall–Kier alpha value is -1.66. The Morgan fingerprint density at radius 2 is 2.42 bits per heavy atom. The van der Waals surface area contributed by atoms with Gasteiger partial charge in [-0.25, -0.2) is 4.98 Å². The predicted molar refractivity (Wildman–Crippen MR) is 74.2 cm³/mol. The first kappa shape index (κ1) is 13.8. The van der Waals surface area contributed by atoms with Crippen LogP contribution in [0.3, 0.4) is 0 Å². The molecular weight excluding hydrogens is 242 g/mol. The van der Waals surface area contributed by atoms with Crippen LogP contribution >= 0.6 is 0 Å². The van der Waals surface area contributed by atoms with Crippen LogP contribution in [0.25, 0.3) is 0 Å². The van der Waals surface area contributed by atoms with Crippen LogP contribution in [0.1, 0.15) is 13.3 Å². The van der Waals surface area contributed by atoms with E-state index in [-0.39, 0.29) is 11.9 Å². The lowest BCUT2D eigenvalue weighted by atomic mass is 9.94. The second kappa shape index (κ2) is 6.49. The fraction of sp³-hybridized carbons (Fsp3) is 0.538. The predicted octanol–water partition coefficient (Wildman–Crippen LogP) is 0.194. The molecule has 2 atom stereocenters. The molecule has 104 valence electrons. The highest BCUT2D eigenvalue weighted by molar-refractivity contribution is 5.79. The molecule has 0 aliphatic carbocycles. The molecule has 1 aromatic heterocycles. The number of hydrogen-bond acceptors (Lipinski definition) is 5. The summed E-state index contributed by atoms with van der Waals surface area (Å²) in [5, 5.41) is 0. The summed E-state index contributed by atoms with van der Waals surface area (Å²) in [7, 11) is 0. The van der Waals surface area contributed by atoms with Crippen LogP contribution in [-0.2, 0) is 4.79 Å². The first-order valence-electron chi connectivity index (χ1n) is 6.59. The number of carbonyl (C=O) groups is 1. The van der Waals surface area contributed by atoms with Gasteiger partial charge in [-0.15, -0.1) is 0 Å². The van der Waals surface area contributed by atoms with Crippen LogP contribution in [0.4, 0.5) is 5.82 Å². The number of nitrogens with one attached hydrogen (secondary N) is 2. The van der Waals surface area contributed by atoms with Crippen molar-refractivity contribution in [2.45, 2.75) is 19.4 Å². The van der Waals surface area contributed by atoms with E-state index in [2.05, 4.69) is 27.7 Å². The van der Waals surface area contributed by atoms with Crippen molar-refractivity contribution in [3.05, 3.63) is 24.4 Å². The van der Waals surface area contributed by atoms with Crippen molar-refractivity contribution in [2.75, 3.05) is 25.1 Å². The number of pyridine rings is 1. The molecule has 1 aliphatic heterocycles. The SMILES string of the molecule is CC1CCN(CC(=O)NNc2ccccn2)CC1N. The molecule has 2 rings (SSSR count). The third-order valence-electron chi connectivity index (χ3n) is 3.46. The second-order valence-corrected chi connectivity index (χ2v) is 5.05. The Kier molecular flexibility index (Phi) is 4.70. The molecule has 0 spiro atoms. The minimum atomic E-state index is -0.0765. The van der Waals surface area contributed by atoms with Gasteiger partial charge in [-0.05, 0) is 31.0 Å². The number of amides is 1. The number of rotatable bonds is 4. The maximum absolute atomic E-state index is 11.8. The summed E-state index contributed by atoms with van der Waals surface area (Å²) in [5.41, 5.74) is 11.4. The average molecular weight is 263 g/mol. The van der Waals surface area contributed by atoms with Gasteiger partial charge in [0, 0.05) is 18.8 Å². The van der Waals surface area contributed by atoms with E-state index in [4.69, 9.17) is 5.73 Å². The van der Waals surface area contributed by atoms with Gasteiger partial charge in [-0.2, -0.15) is 0 Å². The van der Waals surface area contributed by atoms with Gasteiger partial charge in [-0.3, -0.25) is 20.5 Å². The normalized spacial score (nSPS) is 23.9. The Balaban J connectivity index is 1.73. The molecule has 2 unspecified atom stereocenters. The van der Waals surface area contributed by atoms with Crippen molar-refractivity contribution >= 4 is 11.7 Å². The van der Waals surface area contributed by atoms with E-state index in [0.29, 0.717) is 18.3 Å². The summed E-state index contributed by atoms with van der Waals surface area (Å²) in [6.07, 6.45) is 2.71. The second-order valence-electron chi connectivity index (χ2n) is 5.05. The minimum absolute atomic E-state index is 0.0765. The Morgan fingerprint density at radius 1 is 1.58 bits per heavy atom. The summed E-state index contributed by atoms with van der Waals surface area (Å²) in [4.78, 5) is 17.9. The van der Waals surface area contributed by atoms with Crippen LogP contribution in [0, 0.1) is 5.92 Å². The topological polar surface area (TPSA) is 83.3 Å². The molecule has 0 aromatic carbocycles. The zero-order valence-electron chi connectivity index (χ0n) is 11.2. The summed E-state index contributed by atoms with van der Waals surface area (Å²) < 4.78 is 0. The van der Waals surface area contributed by atoms with Crippen LogP contribution in [-0.4, -0.2) is 41.5 Å². The molecule has 1 fully saturated rings. The largest absolute Gasteiger partial charge is 0.326 e. The molecule has 6 heteroatoms. The Labute approximate surface area is 113 Å². The van der Waals surface area contributed by atoms with Gasteiger partial charge in [0.2, 0.25) is 0 Å². The van der Waals surface area contributed by atoms with Crippen molar-refractivity contribution in [3.8, 4) is 0 Å². The lowest BCUT2D eigenvalue weighted by molar-refractivity contribution is -0.122. The van der Waals surface area contributed by atoms with E-state index in [0.717, 1.165) is 19.5 Å². The monoisotopic (exact) mass is 263 g/mol. The fourth-order valence-corrected chi connectivity index (χ4v) is 2.13. The minimum Gasteiger partial charge on any atom is -0.326 e. The summed E-state index contributed by atoms with van der Waals surface area (Å²) in [6.45, 7) is 4.22. The highest BCUT2D eigenvalue weighted by Gasteiger charge is 2.24. The molecule has 0 radical (unpaired) electrons. The molecule has 19 heavy (non-hydrogen) atoms. The molecule has 2 heterocycles. The lowest BCUT2D eigenvalue weighted by Crippen LogP contribution is -2.50. The summed E-state index contributed by atoms with van der Waals surface area (Å²) in [5.74, 6) is 1.08. The number of hydrogen-bond donors (Lipinski definition) is 3. The zero-order valence-corrected chi connectivity index (χ0v) is 11.2. The summed E-state index contributed by atoms with van der Waals surface area (Å²) >= 11 is 0. The lowest BCUT2D eigenvalue weighted by Gasteiger charge is -2.34. The first-order chi connectivity index (χ1) is 9.15. The van der Waals surface area contributed by atoms with E-state index in [1.54, 1.807) is 12.3 Å². The van der Waals surface area contributed by atoms with Gasteiger partial charge in [0.15, 0.2) is 0 Å². The standard InChI is InChI=1S/C13H21N5O/c1-10-5-7-18(8-11(10)14)9-13(19)17-16-12-4-2-3-6-15-12/h2-4,6,10-11H,5,7-9,14H2,1H3,(H,15,16)(H,17,19). The highest BCUT2D eigenvalue weighted by atomic mass is 16.2. The van der Waals surface area contributed by atoms with Crippen molar-refractivity contribution in [2.24, 2.45) is 11.7 Å². The van der Waals surface area contributed by atoms with Gasteiger partial charge >= 0.3 is 0 Å². The van der Waals surface area contributed by atoms with Crippen molar-refractivity contribution < 1.29 is 4.79 Å². The van der Waals surface area contributed by atoms with Gasteiger partial charge in [0.1, 0.15) is 5.82 Å². The van der Waals surface area contributed by atoms with E-state index >= 15 is 0 Å². The van der Waals surface area contributed by atoms with E-state index < -0.39 is 0 Å². The first-order valence-corrected chi connectivity index (χ1v) is 6.59. The molecule has 4 N–H and O–H groups in total. The van der Waals surface area contributed by atoms with Crippen molar-refractivity contribution in [1.82, 2.24) is 15.3 Å². The molecule has 1 aromatic rings. The van der Waals surface area contributed by atoms with E-state index in [1.807, 2.05) is 12.1 Å². The zero-order chi connectivity index (χ0) is 13.7. The fourth-order valence-electron chi connectivity index (χ4n) is 2.13. The number of hydrazine groups is 1. The Morgan fingerprint density at radius 3 is 3.11 bits per heavy atom. The maximum Gasteiger partial charge on any atom is 0.252 e. The number of likely N-dealkylation sites (tertiary alicyclic amines) is 1. The van der Waals surface area contributed by atoms with Gasteiger partial charge < -0.3 is 5.73 Å². The average Bonchev–Trinajstić information content (AvgIpc) is 2.42. The van der Waals surface area contributed by atoms with Crippen LogP contribution < -0.4 is 16.6 Å². The number of anilines is 1. The van der Waals surface area contributed by atoms with E-state index in [9.17, 15) is 4.79 Å². The maximum atomic E-state index is 11.8. The Bertz CT molecular complexity index is 411. The number of nitrogens with zero attached hydrogens (tertiary/aromatic N) is 2. The highest BCUT2D eigenvalue weighted by Crippen LogP contribution is 2.14. The third kappa shape index (κ3) is 4.18. The number of carbonyl (C=O) groups excluding carboxylic acids is 1. The molecule has 0 saturated carbocycles. The number of nitrogens with two attached hydrogens (primary N) is 1. The van der Waals surface area contributed by atoms with Crippen LogP contribution in [0.5, 0.6) is 0 Å². The number of aromatic nitrogens is 1. The van der Waals surface area contributed by atoms with Gasteiger partial charge in [0.05, 0.1) is 6.54 Å². The van der Waals surface area contributed by atoms with Gasteiger partial charge in [0.25, 0.3) is 5.91 Å².